The number of anilines is 1. The molecule has 1 aromatic carbocycles. The molecule has 3 atom stereocenters. The highest BCUT2D eigenvalue weighted by molar-refractivity contribution is 5.58. The number of nitro benzene ring substituents is 1. The summed E-state index contributed by atoms with van der Waals surface area (Å²) in [5.41, 5.74) is 0.867. The third kappa shape index (κ3) is 2.95. The summed E-state index contributed by atoms with van der Waals surface area (Å²) < 4.78 is 11.3. The van der Waals surface area contributed by atoms with Crippen LogP contribution in [0.5, 0.6) is 5.75 Å². The number of benzene rings is 1. The van der Waals surface area contributed by atoms with Crippen molar-refractivity contribution in [1.29, 1.82) is 0 Å². The first kappa shape index (κ1) is 14.1. The molecule has 114 valence electrons. The summed E-state index contributed by atoms with van der Waals surface area (Å²) in [5, 5.41) is 14.5. The zero-order chi connectivity index (χ0) is 14.8. The molecule has 1 N–H and O–H groups in total. The van der Waals surface area contributed by atoms with Crippen molar-refractivity contribution < 1.29 is 14.4 Å². The Morgan fingerprint density at radius 3 is 2.95 bits per heavy atom. The van der Waals surface area contributed by atoms with E-state index in [1.165, 1.54) is 6.07 Å². The van der Waals surface area contributed by atoms with E-state index in [9.17, 15) is 10.1 Å². The molecule has 21 heavy (non-hydrogen) atoms. The number of fused-ring (bicyclic) bond motifs is 2. The normalized spacial score (nSPS) is 26.8. The van der Waals surface area contributed by atoms with Crippen LogP contribution in [0, 0.1) is 10.1 Å². The molecule has 0 spiro atoms. The molecule has 2 saturated heterocycles. The van der Waals surface area contributed by atoms with Gasteiger partial charge in [0, 0.05) is 17.8 Å². The summed E-state index contributed by atoms with van der Waals surface area (Å²) in [7, 11) is 0. The van der Waals surface area contributed by atoms with Crippen LogP contribution in [0.25, 0.3) is 0 Å². The largest absolute Gasteiger partial charge is 0.487 e. The molecule has 1 aromatic rings. The molecule has 0 aliphatic carbocycles. The van der Waals surface area contributed by atoms with Crippen LogP contribution in [0.15, 0.2) is 18.2 Å². The smallest absolute Gasteiger partial charge is 0.311 e. The number of ether oxygens (including phenoxy) is 2. The van der Waals surface area contributed by atoms with Crippen molar-refractivity contribution in [3.63, 3.8) is 0 Å². The van der Waals surface area contributed by atoms with E-state index in [1.54, 1.807) is 12.1 Å². The van der Waals surface area contributed by atoms with Crippen molar-refractivity contribution in [3.8, 4) is 5.75 Å². The summed E-state index contributed by atoms with van der Waals surface area (Å²) in [6.45, 7) is 2.45. The van der Waals surface area contributed by atoms with Crippen LogP contribution >= 0.6 is 0 Å². The van der Waals surface area contributed by atoms with Crippen LogP contribution in [0.4, 0.5) is 11.4 Å². The lowest BCUT2D eigenvalue weighted by molar-refractivity contribution is -0.385. The van der Waals surface area contributed by atoms with Gasteiger partial charge in [0.15, 0.2) is 5.75 Å². The second-order valence-corrected chi connectivity index (χ2v) is 5.65. The van der Waals surface area contributed by atoms with Gasteiger partial charge in [-0.15, -0.1) is 0 Å². The topological polar surface area (TPSA) is 73.6 Å². The summed E-state index contributed by atoms with van der Waals surface area (Å²) in [6, 6.07) is 5.26. The van der Waals surface area contributed by atoms with Gasteiger partial charge >= 0.3 is 5.69 Å². The van der Waals surface area contributed by atoms with Crippen LogP contribution in [-0.2, 0) is 4.74 Å². The van der Waals surface area contributed by atoms with Crippen molar-refractivity contribution in [2.45, 2.75) is 50.9 Å². The third-order valence-corrected chi connectivity index (χ3v) is 4.08. The van der Waals surface area contributed by atoms with E-state index in [0.717, 1.165) is 31.4 Å². The van der Waals surface area contributed by atoms with Crippen molar-refractivity contribution in [2.24, 2.45) is 0 Å². The molecule has 0 amide bonds. The molecule has 2 fully saturated rings. The molecule has 6 nitrogen and oxygen atoms in total. The van der Waals surface area contributed by atoms with Gasteiger partial charge in [-0.3, -0.25) is 10.1 Å². The highest BCUT2D eigenvalue weighted by Gasteiger charge is 2.40. The Hall–Kier alpha value is -1.82. The minimum atomic E-state index is -0.407. The van der Waals surface area contributed by atoms with Crippen molar-refractivity contribution in [1.82, 2.24) is 0 Å². The quantitative estimate of drug-likeness (QED) is 0.644. The minimum absolute atomic E-state index is 0.0122. The monoisotopic (exact) mass is 292 g/mol. The molecule has 2 aliphatic rings. The standard InChI is InChI=1S/C15H20N2O4/c1-2-7-20-15-8-10(3-5-13(15)17(18)19)16-12-9-11-4-6-14(12)21-11/h3,5,8,11-12,14,16H,2,4,6-7,9H2,1H3. The van der Waals surface area contributed by atoms with Crippen molar-refractivity contribution in [3.05, 3.63) is 28.3 Å². The third-order valence-electron chi connectivity index (χ3n) is 4.08. The van der Waals surface area contributed by atoms with Gasteiger partial charge in [0.1, 0.15) is 0 Å². The van der Waals surface area contributed by atoms with E-state index in [2.05, 4.69) is 5.32 Å². The molecule has 2 heterocycles. The molecule has 3 unspecified atom stereocenters. The SMILES string of the molecule is CCCOc1cc(NC2CC3CCC2O3)ccc1[N+](=O)[O-]. The predicted molar refractivity (Wildman–Crippen MR) is 78.8 cm³/mol. The van der Waals surface area contributed by atoms with Crippen LogP contribution in [0.3, 0.4) is 0 Å². The van der Waals surface area contributed by atoms with Crippen LogP contribution in [0.1, 0.15) is 32.6 Å². The molecular formula is C15H20N2O4. The Labute approximate surface area is 123 Å². The summed E-state index contributed by atoms with van der Waals surface area (Å²) in [6.07, 6.45) is 4.70. The van der Waals surface area contributed by atoms with E-state index in [4.69, 9.17) is 9.47 Å². The van der Waals surface area contributed by atoms with Gasteiger partial charge < -0.3 is 14.8 Å². The first-order valence-corrected chi connectivity index (χ1v) is 7.50. The van der Waals surface area contributed by atoms with Gasteiger partial charge in [0.2, 0.25) is 0 Å². The lowest BCUT2D eigenvalue weighted by Gasteiger charge is -2.21. The summed E-state index contributed by atoms with van der Waals surface area (Å²) in [5.74, 6) is 0.330. The predicted octanol–water partition coefficient (Wildman–Crippen LogP) is 3.12. The molecule has 2 aliphatic heterocycles. The first-order chi connectivity index (χ1) is 10.2. The van der Waals surface area contributed by atoms with Gasteiger partial charge in [-0.2, -0.15) is 0 Å². The second-order valence-electron chi connectivity index (χ2n) is 5.65. The summed E-state index contributed by atoms with van der Waals surface area (Å²) in [4.78, 5) is 10.6. The Morgan fingerprint density at radius 1 is 1.48 bits per heavy atom. The fraction of sp³-hybridized carbons (Fsp3) is 0.600. The van der Waals surface area contributed by atoms with Gasteiger partial charge in [-0.1, -0.05) is 6.92 Å². The maximum atomic E-state index is 11.0. The maximum absolute atomic E-state index is 11.0. The molecule has 0 aromatic heterocycles. The Balaban J connectivity index is 1.74. The maximum Gasteiger partial charge on any atom is 0.311 e. The van der Waals surface area contributed by atoms with Gasteiger partial charge in [0.25, 0.3) is 0 Å². The average Bonchev–Trinajstić information content (AvgIpc) is 3.07. The highest BCUT2D eigenvalue weighted by Crippen LogP contribution is 2.37. The van der Waals surface area contributed by atoms with Crippen LogP contribution in [-0.4, -0.2) is 29.8 Å². The number of hydrogen-bond donors (Lipinski definition) is 1. The van der Waals surface area contributed by atoms with Crippen LogP contribution in [0.2, 0.25) is 0 Å². The Bertz CT molecular complexity index is 534. The lowest BCUT2D eigenvalue weighted by atomic mass is 9.95. The molecule has 3 rings (SSSR count). The van der Waals surface area contributed by atoms with E-state index < -0.39 is 4.92 Å². The minimum Gasteiger partial charge on any atom is -0.487 e. The average molecular weight is 292 g/mol. The lowest BCUT2D eigenvalue weighted by Crippen LogP contribution is -2.30. The molecule has 0 radical (unpaired) electrons. The Morgan fingerprint density at radius 2 is 2.33 bits per heavy atom. The number of nitrogens with zero attached hydrogens (tertiary/aromatic N) is 1. The van der Waals surface area contributed by atoms with Crippen molar-refractivity contribution >= 4 is 11.4 Å². The second kappa shape index (κ2) is 5.89. The van der Waals surface area contributed by atoms with Gasteiger partial charge in [-0.25, -0.2) is 0 Å². The van der Waals surface area contributed by atoms with Gasteiger partial charge in [0.05, 0.1) is 29.8 Å². The van der Waals surface area contributed by atoms with E-state index in [-0.39, 0.29) is 11.8 Å². The zero-order valence-electron chi connectivity index (χ0n) is 12.1. The number of rotatable bonds is 6. The Kier molecular flexibility index (Phi) is 3.96. The first-order valence-electron chi connectivity index (χ1n) is 7.50. The van der Waals surface area contributed by atoms with E-state index in [1.807, 2.05) is 6.92 Å². The number of hydrogen-bond acceptors (Lipinski definition) is 5. The molecule has 0 saturated carbocycles. The molecule has 2 bridgehead atoms. The fourth-order valence-electron chi connectivity index (χ4n) is 3.09. The number of nitro groups is 1. The fourth-order valence-corrected chi connectivity index (χ4v) is 3.09. The van der Waals surface area contributed by atoms with E-state index in [0.29, 0.717) is 24.5 Å². The van der Waals surface area contributed by atoms with Crippen LogP contribution < -0.4 is 10.1 Å². The van der Waals surface area contributed by atoms with Crippen molar-refractivity contribution in [2.75, 3.05) is 11.9 Å². The summed E-state index contributed by atoms with van der Waals surface area (Å²) >= 11 is 0. The zero-order valence-corrected chi connectivity index (χ0v) is 12.1. The molecular weight excluding hydrogens is 272 g/mol. The molecule has 6 heteroatoms. The van der Waals surface area contributed by atoms with E-state index >= 15 is 0 Å². The highest BCUT2D eigenvalue weighted by atomic mass is 16.6. The van der Waals surface area contributed by atoms with Gasteiger partial charge in [-0.05, 0) is 31.7 Å². The number of nitrogens with one attached hydrogen (secondary N) is 1.